The zero-order valence-corrected chi connectivity index (χ0v) is 11.9. The Labute approximate surface area is 131 Å². The van der Waals surface area contributed by atoms with Gasteiger partial charge in [-0.3, -0.25) is 4.79 Å². The van der Waals surface area contributed by atoms with Gasteiger partial charge in [0, 0.05) is 0 Å². The highest BCUT2D eigenvalue weighted by atomic mass is 16.8. The van der Waals surface area contributed by atoms with E-state index in [-0.39, 0.29) is 0 Å². The van der Waals surface area contributed by atoms with Gasteiger partial charge in [-0.25, -0.2) is 0 Å². The molecule has 2 aliphatic heterocycles. The number of rotatable bonds is 3. The molecule has 1 aromatic rings. The molecule has 1 amide bonds. The van der Waals surface area contributed by atoms with Gasteiger partial charge >= 0.3 is 0 Å². The van der Waals surface area contributed by atoms with E-state index >= 15 is 0 Å². The summed E-state index contributed by atoms with van der Waals surface area (Å²) in [5.74, 6) is -0.234. The lowest BCUT2D eigenvalue weighted by Crippen LogP contribution is -2.60. The SMILES string of the molecule is O=C1Nc2ccccc2O[C@@H]1O[C@@H]1O[C@H](CO)[C@@H](O)[C@H](O)[C@H]1O. The summed E-state index contributed by atoms with van der Waals surface area (Å²) < 4.78 is 15.8. The first-order valence-corrected chi connectivity index (χ1v) is 7.04. The lowest BCUT2D eigenvalue weighted by Gasteiger charge is -2.40. The first kappa shape index (κ1) is 16.1. The van der Waals surface area contributed by atoms with Gasteiger partial charge in [0.15, 0.2) is 6.29 Å². The summed E-state index contributed by atoms with van der Waals surface area (Å²) in [6.07, 6.45) is -8.70. The van der Waals surface area contributed by atoms with Gasteiger partial charge in [-0.05, 0) is 12.1 Å². The summed E-state index contributed by atoms with van der Waals surface area (Å²) >= 11 is 0. The molecule has 1 fully saturated rings. The largest absolute Gasteiger partial charge is 0.453 e. The molecule has 9 heteroatoms. The third-order valence-corrected chi connectivity index (χ3v) is 3.70. The van der Waals surface area contributed by atoms with Gasteiger partial charge in [-0.15, -0.1) is 0 Å². The van der Waals surface area contributed by atoms with Crippen LogP contribution in [0.4, 0.5) is 5.69 Å². The van der Waals surface area contributed by atoms with E-state index in [4.69, 9.17) is 19.3 Å². The van der Waals surface area contributed by atoms with Crippen LogP contribution in [0.3, 0.4) is 0 Å². The monoisotopic (exact) mass is 327 g/mol. The summed E-state index contributed by atoms with van der Waals surface area (Å²) in [5, 5.41) is 41.0. The molecule has 6 atom stereocenters. The Hall–Kier alpha value is -1.75. The minimum absolute atomic E-state index is 0.377. The number of benzene rings is 1. The van der Waals surface area contributed by atoms with Gasteiger partial charge in [0.25, 0.3) is 12.2 Å². The van der Waals surface area contributed by atoms with Crippen LogP contribution in [-0.2, 0) is 14.3 Å². The number of carbonyl (C=O) groups is 1. The number of para-hydroxylation sites is 2. The van der Waals surface area contributed by atoms with Crippen molar-refractivity contribution in [2.45, 2.75) is 37.0 Å². The first-order valence-electron chi connectivity index (χ1n) is 7.04. The predicted molar refractivity (Wildman–Crippen MR) is 74.3 cm³/mol. The molecule has 23 heavy (non-hydrogen) atoms. The van der Waals surface area contributed by atoms with Crippen molar-refractivity contribution in [2.24, 2.45) is 0 Å². The van der Waals surface area contributed by atoms with E-state index in [0.717, 1.165) is 0 Å². The second-order valence-electron chi connectivity index (χ2n) is 5.27. The average Bonchev–Trinajstić information content (AvgIpc) is 2.56. The molecule has 3 rings (SSSR count). The molecule has 5 N–H and O–H groups in total. The standard InChI is InChI=1S/C14H17NO8/c16-5-8-9(17)10(18)11(19)13(22-8)23-14-12(20)15-6-3-1-2-4-7(6)21-14/h1-4,8-11,13-14,16-19H,5H2,(H,15,20)/t8-,9-,10+,11-,13+,14-/m1/s1. The lowest BCUT2D eigenvalue weighted by atomic mass is 9.99. The second-order valence-corrected chi connectivity index (χ2v) is 5.27. The van der Waals surface area contributed by atoms with Crippen molar-refractivity contribution < 1.29 is 39.4 Å². The number of hydrogen-bond donors (Lipinski definition) is 5. The Morgan fingerprint density at radius 3 is 2.61 bits per heavy atom. The summed E-state index contributed by atoms with van der Waals surface area (Å²) in [5.41, 5.74) is 0.478. The van der Waals surface area contributed by atoms with E-state index in [2.05, 4.69) is 5.32 Å². The summed E-state index contributed by atoms with van der Waals surface area (Å²) in [6, 6.07) is 6.71. The quantitative estimate of drug-likeness (QED) is 0.437. The van der Waals surface area contributed by atoms with Crippen molar-refractivity contribution in [3.8, 4) is 5.75 Å². The van der Waals surface area contributed by atoms with Crippen LogP contribution in [0.1, 0.15) is 0 Å². The Kier molecular flexibility index (Phi) is 4.48. The van der Waals surface area contributed by atoms with Crippen LogP contribution in [-0.4, -0.2) is 69.9 Å². The van der Waals surface area contributed by atoms with E-state index in [1.807, 2.05) is 0 Å². The summed E-state index contributed by atoms with van der Waals surface area (Å²) in [7, 11) is 0. The Bertz CT molecular complexity index is 580. The fraction of sp³-hybridized carbons (Fsp3) is 0.500. The highest BCUT2D eigenvalue weighted by Crippen LogP contribution is 2.31. The molecule has 0 aliphatic carbocycles. The molecule has 0 spiro atoms. The third-order valence-electron chi connectivity index (χ3n) is 3.70. The Morgan fingerprint density at radius 2 is 1.87 bits per heavy atom. The maximum absolute atomic E-state index is 12.0. The van der Waals surface area contributed by atoms with Gasteiger partial charge in [0.2, 0.25) is 0 Å². The normalized spacial score (nSPS) is 36.8. The number of amides is 1. The average molecular weight is 327 g/mol. The highest BCUT2D eigenvalue weighted by Gasteiger charge is 2.46. The van der Waals surface area contributed by atoms with E-state index in [1.54, 1.807) is 24.3 Å². The van der Waals surface area contributed by atoms with Crippen molar-refractivity contribution >= 4 is 11.6 Å². The van der Waals surface area contributed by atoms with Crippen LogP contribution < -0.4 is 10.1 Å². The van der Waals surface area contributed by atoms with Gasteiger partial charge in [0.05, 0.1) is 12.3 Å². The number of ether oxygens (including phenoxy) is 3. The zero-order valence-electron chi connectivity index (χ0n) is 11.9. The number of aliphatic hydroxyl groups is 4. The molecular weight excluding hydrogens is 310 g/mol. The van der Waals surface area contributed by atoms with E-state index in [1.165, 1.54) is 0 Å². The fourth-order valence-electron chi connectivity index (χ4n) is 2.42. The minimum atomic E-state index is -1.61. The third kappa shape index (κ3) is 3.02. The van der Waals surface area contributed by atoms with Crippen molar-refractivity contribution in [3.05, 3.63) is 24.3 Å². The molecule has 2 aliphatic rings. The van der Waals surface area contributed by atoms with Gasteiger partial charge in [0.1, 0.15) is 30.2 Å². The van der Waals surface area contributed by atoms with E-state index in [9.17, 15) is 20.1 Å². The summed E-state index contributed by atoms with van der Waals surface area (Å²) in [6.45, 7) is -0.592. The zero-order chi connectivity index (χ0) is 16.6. The molecule has 0 unspecified atom stereocenters. The van der Waals surface area contributed by atoms with Crippen LogP contribution in [0.15, 0.2) is 24.3 Å². The van der Waals surface area contributed by atoms with Crippen molar-refractivity contribution in [1.29, 1.82) is 0 Å². The number of hydrogen-bond acceptors (Lipinski definition) is 8. The number of anilines is 1. The minimum Gasteiger partial charge on any atom is -0.453 e. The van der Waals surface area contributed by atoms with Crippen molar-refractivity contribution in [2.75, 3.05) is 11.9 Å². The number of nitrogens with one attached hydrogen (secondary N) is 1. The lowest BCUT2D eigenvalue weighted by molar-refractivity contribution is -0.322. The molecule has 0 radical (unpaired) electrons. The number of fused-ring (bicyclic) bond motifs is 1. The topological polar surface area (TPSA) is 138 Å². The smallest absolute Gasteiger partial charge is 0.294 e. The predicted octanol–water partition coefficient (Wildman–Crippen LogP) is -1.84. The van der Waals surface area contributed by atoms with Crippen LogP contribution >= 0.6 is 0 Å². The van der Waals surface area contributed by atoms with Crippen molar-refractivity contribution in [1.82, 2.24) is 0 Å². The molecule has 126 valence electrons. The van der Waals surface area contributed by atoms with Crippen molar-refractivity contribution in [3.63, 3.8) is 0 Å². The van der Waals surface area contributed by atoms with Crippen LogP contribution in [0.5, 0.6) is 5.75 Å². The van der Waals surface area contributed by atoms with Gasteiger partial charge < -0.3 is 40.0 Å². The van der Waals surface area contributed by atoms with Crippen LogP contribution in [0.25, 0.3) is 0 Å². The number of carbonyl (C=O) groups excluding carboxylic acids is 1. The molecule has 0 saturated carbocycles. The first-order chi connectivity index (χ1) is 11.0. The molecule has 2 heterocycles. The Balaban J connectivity index is 1.72. The maximum Gasteiger partial charge on any atom is 0.294 e. The van der Waals surface area contributed by atoms with Gasteiger partial charge in [-0.2, -0.15) is 0 Å². The van der Waals surface area contributed by atoms with Gasteiger partial charge in [-0.1, -0.05) is 12.1 Å². The number of aliphatic hydroxyl groups excluding tert-OH is 4. The molecule has 1 saturated heterocycles. The molecule has 0 bridgehead atoms. The van der Waals surface area contributed by atoms with E-state index < -0.39 is 49.5 Å². The highest BCUT2D eigenvalue weighted by molar-refractivity contribution is 5.96. The molecule has 0 aromatic heterocycles. The maximum atomic E-state index is 12.0. The summed E-state index contributed by atoms with van der Waals surface area (Å²) in [4.78, 5) is 12.0. The van der Waals surface area contributed by atoms with E-state index in [0.29, 0.717) is 11.4 Å². The molecule has 1 aromatic carbocycles. The van der Waals surface area contributed by atoms with Crippen LogP contribution in [0.2, 0.25) is 0 Å². The molecule has 9 nitrogen and oxygen atoms in total. The second kappa shape index (κ2) is 6.40. The van der Waals surface area contributed by atoms with Crippen LogP contribution in [0, 0.1) is 0 Å². The molecular formula is C14H17NO8. The Morgan fingerprint density at radius 1 is 1.13 bits per heavy atom. The fourth-order valence-corrected chi connectivity index (χ4v) is 2.42.